The number of carboxylic acid groups (broad SMARTS) is 1. The lowest BCUT2D eigenvalue weighted by molar-refractivity contribution is -0.192. The van der Waals surface area contributed by atoms with Crippen molar-refractivity contribution in [2.45, 2.75) is 68.6 Å². The second kappa shape index (κ2) is 15.3. The van der Waals surface area contributed by atoms with Crippen molar-refractivity contribution < 1.29 is 45.9 Å². The van der Waals surface area contributed by atoms with E-state index >= 15 is 0 Å². The largest absolute Gasteiger partial charge is 0.490 e. The minimum absolute atomic E-state index is 0.0485. The first-order valence-electron chi connectivity index (χ1n) is 16.7. The molecule has 1 saturated carbocycles. The van der Waals surface area contributed by atoms with Crippen LogP contribution >= 0.6 is 0 Å². The average molecular weight is 770 g/mol. The number of sulfone groups is 1. The fraction of sp³-hybridized carbons (Fsp3) is 0.324. The van der Waals surface area contributed by atoms with Gasteiger partial charge >= 0.3 is 12.1 Å². The van der Waals surface area contributed by atoms with Crippen LogP contribution in [0.4, 0.5) is 24.5 Å². The molecule has 2 aliphatic heterocycles. The molecule has 3 aromatic carbocycles. The Kier molecular flexibility index (Phi) is 11.2. The molecule has 0 unspecified atom stereocenters. The van der Waals surface area contributed by atoms with E-state index in [9.17, 15) is 40.8 Å². The molecular formula is C37H38F3N5O8S. The molecule has 1 fully saturated rings. The molecule has 54 heavy (non-hydrogen) atoms. The van der Waals surface area contributed by atoms with Gasteiger partial charge in [0.1, 0.15) is 12.6 Å². The van der Waals surface area contributed by atoms with Crippen molar-refractivity contribution in [3.8, 4) is 0 Å². The van der Waals surface area contributed by atoms with Crippen LogP contribution in [0.25, 0.3) is 10.8 Å². The van der Waals surface area contributed by atoms with Gasteiger partial charge in [-0.3, -0.25) is 19.2 Å². The Hall–Kier alpha value is -5.71. The molecule has 4 N–H and O–H groups in total. The molecule has 1 aliphatic carbocycles. The number of fused-ring (bicyclic) bond motifs is 10. The summed E-state index contributed by atoms with van der Waals surface area (Å²) in [6, 6.07) is 15.9. The first kappa shape index (κ1) is 39.5. The second-order valence-electron chi connectivity index (χ2n) is 13.2. The molecule has 3 aliphatic rings. The topological polar surface area (TPSA) is 186 Å². The summed E-state index contributed by atoms with van der Waals surface area (Å²) < 4.78 is 58.6. The molecule has 2 atom stereocenters. The van der Waals surface area contributed by atoms with Crippen LogP contribution in [0, 0.1) is 6.92 Å². The maximum Gasteiger partial charge on any atom is 0.490 e. The van der Waals surface area contributed by atoms with Crippen molar-refractivity contribution in [2.24, 2.45) is 0 Å². The van der Waals surface area contributed by atoms with Crippen LogP contribution < -0.4 is 16.2 Å². The third kappa shape index (κ3) is 8.73. The summed E-state index contributed by atoms with van der Waals surface area (Å²) >= 11 is 0. The number of halogens is 3. The number of hydrogen-bond donors (Lipinski definition) is 4. The number of carbonyl (C=O) groups is 4. The Morgan fingerprint density at radius 1 is 0.963 bits per heavy atom. The molecule has 286 valence electrons. The Morgan fingerprint density at radius 3 is 2.26 bits per heavy atom. The van der Waals surface area contributed by atoms with E-state index in [1.165, 1.54) is 28.9 Å². The lowest BCUT2D eigenvalue weighted by Crippen LogP contribution is -2.39. The number of anilines is 2. The Bertz CT molecular complexity index is 2310. The van der Waals surface area contributed by atoms with Gasteiger partial charge in [0.2, 0.25) is 17.7 Å². The monoisotopic (exact) mass is 769 g/mol. The van der Waals surface area contributed by atoms with E-state index in [1.807, 2.05) is 32.0 Å². The lowest BCUT2D eigenvalue weighted by Gasteiger charge is -2.31. The van der Waals surface area contributed by atoms with Crippen LogP contribution in [0.2, 0.25) is 0 Å². The van der Waals surface area contributed by atoms with Gasteiger partial charge in [-0.2, -0.15) is 13.2 Å². The molecule has 0 saturated heterocycles. The van der Waals surface area contributed by atoms with Gasteiger partial charge in [-0.15, -0.1) is 0 Å². The molecule has 4 aromatic rings. The van der Waals surface area contributed by atoms with Gasteiger partial charge in [-0.25, -0.2) is 13.2 Å². The number of amides is 3. The first-order chi connectivity index (χ1) is 25.3. The quantitative estimate of drug-likeness (QED) is 0.220. The predicted octanol–water partition coefficient (Wildman–Crippen LogP) is 5.08. The van der Waals surface area contributed by atoms with Crippen molar-refractivity contribution in [3.63, 3.8) is 0 Å². The molecule has 0 radical (unpaired) electrons. The zero-order valence-corrected chi connectivity index (χ0v) is 30.5. The molecule has 13 nitrogen and oxygen atoms in total. The zero-order valence-electron chi connectivity index (χ0n) is 29.7. The summed E-state index contributed by atoms with van der Waals surface area (Å²) in [5.74, 6) is -3.81. The van der Waals surface area contributed by atoms with Crippen LogP contribution in [-0.4, -0.2) is 77.0 Å². The predicted molar refractivity (Wildman–Crippen MR) is 193 cm³/mol. The highest BCUT2D eigenvalue weighted by Gasteiger charge is 2.39. The number of likely N-dealkylation sites (N-methyl/N-ethyl adjacent to an activating group) is 1. The van der Waals surface area contributed by atoms with Crippen molar-refractivity contribution >= 4 is 55.7 Å². The van der Waals surface area contributed by atoms with Crippen LogP contribution in [0.5, 0.6) is 0 Å². The number of hydrogen-bond acceptors (Lipinski definition) is 8. The molecule has 1 aromatic heterocycles. The molecule has 7 rings (SSSR count). The van der Waals surface area contributed by atoms with E-state index in [4.69, 9.17) is 9.90 Å². The van der Waals surface area contributed by atoms with Crippen LogP contribution in [0.3, 0.4) is 0 Å². The number of aromatic amines is 1. The molecule has 17 heteroatoms. The number of aryl methyl sites for hydroxylation is 1. The summed E-state index contributed by atoms with van der Waals surface area (Å²) in [6.45, 7) is 4.88. The molecular weight excluding hydrogens is 731 g/mol. The number of H-pyrrole nitrogens is 1. The number of rotatable bonds is 4. The first-order valence-corrected chi connectivity index (χ1v) is 18.3. The fourth-order valence-electron chi connectivity index (χ4n) is 6.29. The summed E-state index contributed by atoms with van der Waals surface area (Å²) in [7, 11) is -2.04. The molecule has 0 spiro atoms. The fourth-order valence-corrected chi connectivity index (χ4v) is 8.15. The van der Waals surface area contributed by atoms with Gasteiger partial charge < -0.3 is 30.5 Å². The third-order valence-corrected chi connectivity index (χ3v) is 11.6. The number of carbonyl (C=O) groups excluding carboxylic acids is 3. The summed E-state index contributed by atoms with van der Waals surface area (Å²) in [4.78, 5) is 67.5. The van der Waals surface area contributed by atoms with Gasteiger partial charge in [-0.1, -0.05) is 24.3 Å². The van der Waals surface area contributed by atoms with E-state index in [0.29, 0.717) is 40.7 Å². The number of aliphatic carboxylic acids is 1. The van der Waals surface area contributed by atoms with Gasteiger partial charge in [-0.05, 0) is 90.7 Å². The van der Waals surface area contributed by atoms with E-state index in [-0.39, 0.29) is 35.4 Å². The SMILES string of the molecule is CC(=O)N1CC(=O)Nc2ccc(S(=O)(=O)C3CC3)c(c2)CN(C)C(=O)[C@H](Nc2ccc3cc[nH]c(=O)c3c2)c2ccc(c(C)c2)[C@H]1C.O=C(O)C(F)(F)F. The van der Waals surface area contributed by atoms with Crippen LogP contribution in [0.1, 0.15) is 61.0 Å². The van der Waals surface area contributed by atoms with E-state index in [0.717, 1.165) is 16.5 Å². The maximum atomic E-state index is 14.4. The number of pyridine rings is 1. The van der Waals surface area contributed by atoms with Crippen molar-refractivity contribution in [2.75, 3.05) is 24.2 Å². The molecule has 3 heterocycles. The highest BCUT2D eigenvalue weighted by atomic mass is 32.2. The average Bonchev–Trinajstić information content (AvgIpc) is 3.96. The summed E-state index contributed by atoms with van der Waals surface area (Å²) in [5, 5.41) is 14.0. The maximum absolute atomic E-state index is 14.4. The van der Waals surface area contributed by atoms with Crippen molar-refractivity contribution in [3.05, 3.63) is 99.5 Å². The zero-order chi connectivity index (χ0) is 39.7. The Balaban J connectivity index is 0.000000730. The minimum atomic E-state index is -5.08. The summed E-state index contributed by atoms with van der Waals surface area (Å²) in [6.07, 6.45) is -2.36. The number of aromatic nitrogens is 1. The molecule has 4 bridgehead atoms. The number of benzene rings is 3. The van der Waals surface area contributed by atoms with Crippen LogP contribution in [-0.2, 0) is 35.6 Å². The minimum Gasteiger partial charge on any atom is -0.475 e. The van der Waals surface area contributed by atoms with Gasteiger partial charge in [0.25, 0.3) is 5.56 Å². The number of alkyl halides is 3. The van der Waals surface area contributed by atoms with Gasteiger partial charge in [0.15, 0.2) is 9.84 Å². The third-order valence-electron chi connectivity index (χ3n) is 9.24. The number of nitrogens with zero attached hydrogens (tertiary/aromatic N) is 2. The van der Waals surface area contributed by atoms with Gasteiger partial charge in [0.05, 0.1) is 16.2 Å². The van der Waals surface area contributed by atoms with E-state index in [2.05, 4.69) is 15.6 Å². The normalized spacial score (nSPS) is 18.1. The van der Waals surface area contributed by atoms with Gasteiger partial charge in [0, 0.05) is 43.5 Å². The smallest absolute Gasteiger partial charge is 0.475 e. The van der Waals surface area contributed by atoms with Crippen molar-refractivity contribution in [1.29, 1.82) is 0 Å². The van der Waals surface area contributed by atoms with Crippen molar-refractivity contribution in [1.82, 2.24) is 14.8 Å². The summed E-state index contributed by atoms with van der Waals surface area (Å²) in [5.41, 5.74) is 3.29. The standard InChI is InChI=1S/C35H37N5O6S.C2HF3O2/c1-20-15-24-6-11-29(20)21(2)40(22(3)41)19-32(42)37-26-8-12-31(47(45,46)28-9-10-28)25(16-26)18-39(4)35(44)33(24)38-27-7-5-23-13-14-36-34(43)30(23)17-27;3-2(4,5)1(6)7/h5-8,11-17,21,28,33,38H,9-10,18-19H2,1-4H3,(H,36,43)(H,37,42);(H,6,7)/t21-,33-;/m1./s1. The molecule has 3 amide bonds. The highest BCUT2D eigenvalue weighted by Crippen LogP contribution is 2.37. The Labute approximate surface area is 308 Å². The number of carboxylic acids is 1. The second-order valence-corrected chi connectivity index (χ2v) is 15.4. The number of nitrogens with one attached hydrogen (secondary N) is 3. The lowest BCUT2D eigenvalue weighted by atomic mass is 9.95. The Morgan fingerprint density at radius 2 is 1.65 bits per heavy atom. The highest BCUT2D eigenvalue weighted by molar-refractivity contribution is 7.92. The van der Waals surface area contributed by atoms with Crippen LogP contribution in [0.15, 0.2) is 76.6 Å². The van der Waals surface area contributed by atoms with E-state index in [1.54, 1.807) is 43.6 Å². The van der Waals surface area contributed by atoms with E-state index < -0.39 is 45.2 Å².